The van der Waals surface area contributed by atoms with Crippen molar-refractivity contribution in [3.05, 3.63) is 0 Å². The van der Waals surface area contributed by atoms with E-state index in [-0.39, 0.29) is 17.1 Å². The Labute approximate surface area is 50.6 Å². The number of nitriles is 2. The second-order valence-corrected chi connectivity index (χ2v) is 0.854. The van der Waals surface area contributed by atoms with Gasteiger partial charge >= 0.3 is 17.1 Å². The molecule has 4 heteroatoms. The minimum Gasteiger partial charge on any atom is -0.184 e. The molecule has 0 radical (unpaired) electrons. The Morgan fingerprint density at radius 2 is 1.50 bits per heavy atom. The van der Waals surface area contributed by atoms with E-state index in [1.807, 2.05) is 0 Å². The van der Waals surface area contributed by atoms with Crippen LogP contribution in [-0.2, 0) is 17.1 Å². The van der Waals surface area contributed by atoms with Gasteiger partial charge in [-0.2, -0.15) is 10.5 Å². The molecular formula is C2CuN2S+. The second-order valence-electron chi connectivity index (χ2n) is 0.285. The SMILES string of the molecule is N#CSC#N.[Cu+]. The van der Waals surface area contributed by atoms with E-state index in [1.54, 1.807) is 10.8 Å². The Balaban J connectivity index is 0. The molecule has 0 heterocycles. The predicted octanol–water partition coefficient (Wildman–Crippen LogP) is 0.679. The molecule has 0 saturated heterocycles. The van der Waals surface area contributed by atoms with Crippen molar-refractivity contribution in [3.8, 4) is 10.8 Å². The molecule has 0 aromatic carbocycles. The van der Waals surface area contributed by atoms with E-state index in [1.165, 1.54) is 0 Å². The molecule has 34 valence electrons. The molecule has 0 aromatic rings. The quantitative estimate of drug-likeness (QED) is 0.374. The summed E-state index contributed by atoms with van der Waals surface area (Å²) in [5.74, 6) is 0. The Morgan fingerprint density at radius 1 is 1.17 bits per heavy atom. The Bertz CT molecular complexity index is 76.7. The number of thioether (sulfide) groups is 1. The van der Waals surface area contributed by atoms with Gasteiger partial charge in [0.15, 0.2) is 0 Å². The third-order valence-corrected chi connectivity index (χ3v) is 0.274. The third kappa shape index (κ3) is 9.14. The van der Waals surface area contributed by atoms with Crippen LogP contribution < -0.4 is 0 Å². The maximum Gasteiger partial charge on any atom is 1.00 e. The summed E-state index contributed by atoms with van der Waals surface area (Å²) < 4.78 is 0. The fraction of sp³-hybridized carbons (Fsp3) is 0. The predicted molar refractivity (Wildman–Crippen MR) is 18.8 cm³/mol. The molecule has 0 rings (SSSR count). The van der Waals surface area contributed by atoms with Crippen LogP contribution in [0.1, 0.15) is 0 Å². The van der Waals surface area contributed by atoms with Gasteiger partial charge in [-0.1, -0.05) is 0 Å². The molecule has 0 fully saturated rings. The van der Waals surface area contributed by atoms with Gasteiger partial charge < -0.3 is 0 Å². The van der Waals surface area contributed by atoms with Crippen molar-refractivity contribution in [2.45, 2.75) is 0 Å². The van der Waals surface area contributed by atoms with Gasteiger partial charge in [0.2, 0.25) is 0 Å². The fourth-order valence-corrected chi connectivity index (χ4v) is 0.0612. The van der Waals surface area contributed by atoms with Gasteiger partial charge in [-0.3, -0.25) is 0 Å². The molecule has 0 N–H and O–H groups in total. The van der Waals surface area contributed by atoms with Crippen LogP contribution in [0.2, 0.25) is 0 Å². The summed E-state index contributed by atoms with van der Waals surface area (Å²) in [5, 5.41) is 18.3. The van der Waals surface area contributed by atoms with Gasteiger partial charge in [0.25, 0.3) is 0 Å². The van der Waals surface area contributed by atoms with Crippen molar-refractivity contribution in [1.29, 1.82) is 10.5 Å². The minimum absolute atomic E-state index is 0. The summed E-state index contributed by atoms with van der Waals surface area (Å²) in [6.07, 6.45) is 0. The van der Waals surface area contributed by atoms with Gasteiger partial charge in [0.05, 0.1) is 11.8 Å². The van der Waals surface area contributed by atoms with Crippen molar-refractivity contribution in [2.75, 3.05) is 0 Å². The Kier molecular flexibility index (Phi) is 13.7. The average molecular weight is 148 g/mol. The molecular weight excluding hydrogens is 148 g/mol. The molecule has 0 bridgehead atoms. The number of nitrogens with zero attached hydrogens (tertiary/aromatic N) is 2. The van der Waals surface area contributed by atoms with Crippen molar-refractivity contribution >= 4 is 11.8 Å². The maximum atomic E-state index is 7.56. The molecule has 2 nitrogen and oxygen atoms in total. The molecule has 6 heavy (non-hydrogen) atoms. The van der Waals surface area contributed by atoms with E-state index < -0.39 is 0 Å². The van der Waals surface area contributed by atoms with Crippen molar-refractivity contribution in [2.24, 2.45) is 0 Å². The van der Waals surface area contributed by atoms with E-state index in [2.05, 4.69) is 0 Å². The van der Waals surface area contributed by atoms with E-state index in [0.717, 1.165) is 0 Å². The number of rotatable bonds is 0. The second kappa shape index (κ2) is 8.85. The number of thiocyanates is 2. The zero-order valence-corrected chi connectivity index (χ0v) is 4.36. The zero-order chi connectivity index (χ0) is 4.12. The zero-order valence-electron chi connectivity index (χ0n) is 2.60. The third-order valence-electron chi connectivity index (χ3n) is 0.0913. The maximum absolute atomic E-state index is 7.56. The van der Waals surface area contributed by atoms with Crippen molar-refractivity contribution in [1.82, 2.24) is 0 Å². The number of hydrogen-bond donors (Lipinski definition) is 0. The molecule has 0 aliphatic carbocycles. The molecule has 0 amide bonds. The standard InChI is InChI=1S/C2N2S.Cu/c3-1-5-2-4;/q;+1. The molecule has 0 aliphatic heterocycles. The molecule has 0 unspecified atom stereocenters. The minimum atomic E-state index is 0. The van der Waals surface area contributed by atoms with E-state index in [9.17, 15) is 0 Å². The Morgan fingerprint density at radius 3 is 1.50 bits per heavy atom. The summed E-state index contributed by atoms with van der Waals surface area (Å²) in [4.78, 5) is 0. The van der Waals surface area contributed by atoms with E-state index in [0.29, 0.717) is 11.8 Å². The van der Waals surface area contributed by atoms with Crippen LogP contribution in [0.4, 0.5) is 0 Å². The first-order valence-corrected chi connectivity index (χ1v) is 1.67. The van der Waals surface area contributed by atoms with Crippen LogP contribution in [0, 0.1) is 21.3 Å². The van der Waals surface area contributed by atoms with Gasteiger partial charge in [0.1, 0.15) is 10.8 Å². The first-order chi connectivity index (χ1) is 2.41. The fourth-order valence-electron chi connectivity index (χ4n) is 0.0204. The summed E-state index contributed by atoms with van der Waals surface area (Å²) >= 11 is 0.574. The van der Waals surface area contributed by atoms with Gasteiger partial charge in [-0.25, -0.2) is 0 Å². The molecule has 0 aliphatic rings. The van der Waals surface area contributed by atoms with Crippen molar-refractivity contribution in [3.63, 3.8) is 0 Å². The molecule has 0 spiro atoms. The van der Waals surface area contributed by atoms with Crippen LogP contribution in [0.5, 0.6) is 0 Å². The van der Waals surface area contributed by atoms with Gasteiger partial charge in [0, 0.05) is 0 Å². The van der Waals surface area contributed by atoms with Gasteiger partial charge in [-0.05, 0) is 0 Å². The summed E-state index contributed by atoms with van der Waals surface area (Å²) in [5.41, 5.74) is 0. The molecule has 0 atom stereocenters. The van der Waals surface area contributed by atoms with Crippen LogP contribution in [0.15, 0.2) is 0 Å². The van der Waals surface area contributed by atoms with Crippen LogP contribution in [0.25, 0.3) is 0 Å². The van der Waals surface area contributed by atoms with E-state index in [4.69, 9.17) is 10.5 Å². The van der Waals surface area contributed by atoms with Crippen LogP contribution >= 0.6 is 11.8 Å². The largest absolute Gasteiger partial charge is 1.00 e. The van der Waals surface area contributed by atoms with Crippen molar-refractivity contribution < 1.29 is 17.1 Å². The topological polar surface area (TPSA) is 47.6 Å². The van der Waals surface area contributed by atoms with Gasteiger partial charge in [-0.15, -0.1) is 0 Å². The first kappa shape index (κ1) is 9.28. The monoisotopic (exact) mass is 147 g/mol. The summed E-state index contributed by atoms with van der Waals surface area (Å²) in [6.45, 7) is 0. The Hall–Kier alpha value is -0.151. The van der Waals surface area contributed by atoms with Crippen LogP contribution in [0.3, 0.4) is 0 Å². The van der Waals surface area contributed by atoms with Crippen LogP contribution in [-0.4, -0.2) is 0 Å². The summed E-state index contributed by atoms with van der Waals surface area (Å²) in [6, 6.07) is 0. The first-order valence-electron chi connectivity index (χ1n) is 0.855. The summed E-state index contributed by atoms with van der Waals surface area (Å²) in [7, 11) is 0. The van der Waals surface area contributed by atoms with E-state index >= 15 is 0 Å². The normalized spacial score (nSPS) is 3.67. The molecule has 0 aromatic heterocycles. The number of hydrogen-bond acceptors (Lipinski definition) is 3. The molecule has 0 saturated carbocycles. The average Bonchev–Trinajstić information content (AvgIpc) is 1.41. The smallest absolute Gasteiger partial charge is 0.184 e.